The van der Waals surface area contributed by atoms with E-state index >= 15 is 0 Å². The molecule has 0 N–H and O–H groups in total. The van der Waals surface area contributed by atoms with Gasteiger partial charge in [0, 0.05) is 31.1 Å². The Kier molecular flexibility index (Phi) is 8.40. The molecule has 0 aliphatic carbocycles. The minimum absolute atomic E-state index is 0.0762. The number of nitrogens with zero attached hydrogens (tertiary/aromatic N) is 2. The van der Waals surface area contributed by atoms with Crippen molar-refractivity contribution >= 4 is 23.4 Å². The second-order valence-corrected chi connectivity index (χ2v) is 8.75. The van der Waals surface area contributed by atoms with E-state index in [1.54, 1.807) is 12.1 Å². The van der Waals surface area contributed by atoms with Gasteiger partial charge >= 0.3 is 0 Å². The number of carbonyl (C=O) groups is 2. The Morgan fingerprint density at radius 2 is 1.93 bits per heavy atom. The van der Waals surface area contributed by atoms with Crippen molar-refractivity contribution in [3.63, 3.8) is 0 Å². The highest BCUT2D eigenvalue weighted by molar-refractivity contribution is 6.30. The second kappa shape index (κ2) is 11.0. The maximum Gasteiger partial charge on any atom is 0.225 e. The molecule has 3 rings (SSSR count). The zero-order valence-electron chi connectivity index (χ0n) is 17.9. The Labute approximate surface area is 184 Å². The van der Waals surface area contributed by atoms with E-state index < -0.39 is 5.60 Å². The smallest absolute Gasteiger partial charge is 0.225 e. The molecule has 166 valence electrons. The van der Waals surface area contributed by atoms with Crippen molar-refractivity contribution in [3.8, 4) is 5.75 Å². The van der Waals surface area contributed by atoms with Crippen LogP contribution in [0.1, 0.15) is 51.9 Å². The second-order valence-electron chi connectivity index (χ2n) is 8.31. The Morgan fingerprint density at radius 1 is 1.13 bits per heavy atom. The summed E-state index contributed by atoms with van der Waals surface area (Å²) in [6.45, 7) is 5.20. The van der Waals surface area contributed by atoms with Gasteiger partial charge in [-0.25, -0.2) is 0 Å². The van der Waals surface area contributed by atoms with Gasteiger partial charge in [0.15, 0.2) is 0 Å². The lowest BCUT2D eigenvalue weighted by molar-refractivity contribution is -0.166. The first-order chi connectivity index (χ1) is 14.5. The van der Waals surface area contributed by atoms with Gasteiger partial charge in [0.2, 0.25) is 11.8 Å². The quantitative estimate of drug-likeness (QED) is 0.620. The van der Waals surface area contributed by atoms with Crippen LogP contribution in [0.15, 0.2) is 24.3 Å². The molecule has 2 amide bonds. The van der Waals surface area contributed by atoms with Crippen molar-refractivity contribution in [3.05, 3.63) is 29.3 Å². The third-order valence-electron chi connectivity index (χ3n) is 5.83. The Morgan fingerprint density at radius 3 is 2.67 bits per heavy atom. The average molecular weight is 437 g/mol. The van der Waals surface area contributed by atoms with E-state index in [0.717, 1.165) is 38.8 Å². The molecule has 6 nitrogen and oxygen atoms in total. The summed E-state index contributed by atoms with van der Waals surface area (Å²) < 4.78 is 12.2. The third-order valence-corrected chi connectivity index (χ3v) is 6.06. The van der Waals surface area contributed by atoms with Crippen molar-refractivity contribution in [2.75, 3.05) is 39.4 Å². The predicted octanol–water partition coefficient (Wildman–Crippen LogP) is 3.91. The fourth-order valence-corrected chi connectivity index (χ4v) is 4.27. The van der Waals surface area contributed by atoms with Gasteiger partial charge in [0.1, 0.15) is 18.0 Å². The van der Waals surface area contributed by atoms with Gasteiger partial charge in [-0.15, -0.1) is 0 Å². The summed E-state index contributed by atoms with van der Waals surface area (Å²) in [5.41, 5.74) is -0.850. The third kappa shape index (κ3) is 6.35. The lowest BCUT2D eigenvalue weighted by atomic mass is 9.95. The molecule has 0 saturated carbocycles. The lowest BCUT2D eigenvalue weighted by Crippen LogP contribution is -2.58. The number of morpholine rings is 1. The van der Waals surface area contributed by atoms with Gasteiger partial charge in [-0.3, -0.25) is 9.59 Å². The number of rotatable bonds is 8. The van der Waals surface area contributed by atoms with Crippen LogP contribution in [-0.2, 0) is 14.3 Å². The maximum atomic E-state index is 13.1. The molecular formula is C23H33ClN2O4. The van der Waals surface area contributed by atoms with Crippen LogP contribution >= 0.6 is 11.6 Å². The molecule has 0 aromatic heterocycles. The Balaban J connectivity index is 1.72. The van der Waals surface area contributed by atoms with Crippen LogP contribution in [0.25, 0.3) is 0 Å². The Hall–Kier alpha value is -1.79. The summed E-state index contributed by atoms with van der Waals surface area (Å²) in [6.07, 6.45) is 5.85. The molecule has 0 bridgehead atoms. The zero-order chi connectivity index (χ0) is 21.4. The molecular weight excluding hydrogens is 404 g/mol. The number of hydrogen-bond donors (Lipinski definition) is 0. The predicted molar refractivity (Wildman–Crippen MR) is 117 cm³/mol. The van der Waals surface area contributed by atoms with Crippen molar-refractivity contribution < 1.29 is 19.1 Å². The summed E-state index contributed by atoms with van der Waals surface area (Å²) >= 11 is 6.08. The van der Waals surface area contributed by atoms with E-state index in [2.05, 4.69) is 6.92 Å². The molecule has 1 unspecified atom stereocenters. The SMILES string of the molecule is CCCCC(=O)N1CCOC(COc2cccc(Cl)c2)(CC(=O)N2CCCCC2)C1. The summed E-state index contributed by atoms with van der Waals surface area (Å²) in [5.74, 6) is 0.829. The van der Waals surface area contributed by atoms with Gasteiger partial charge in [0.05, 0.1) is 19.6 Å². The summed E-state index contributed by atoms with van der Waals surface area (Å²) in [5, 5.41) is 0.590. The molecule has 0 spiro atoms. The molecule has 1 aromatic carbocycles. The Bertz CT molecular complexity index is 723. The minimum Gasteiger partial charge on any atom is -0.490 e. The van der Waals surface area contributed by atoms with Crippen LogP contribution in [0, 0.1) is 0 Å². The van der Waals surface area contributed by atoms with Gasteiger partial charge in [-0.05, 0) is 43.9 Å². The first-order valence-electron chi connectivity index (χ1n) is 11.1. The number of hydrogen-bond acceptors (Lipinski definition) is 4. The highest BCUT2D eigenvalue weighted by atomic mass is 35.5. The normalized spacial score (nSPS) is 22.1. The number of amides is 2. The van der Waals surface area contributed by atoms with E-state index in [4.69, 9.17) is 21.1 Å². The van der Waals surface area contributed by atoms with Crippen LogP contribution in [0.3, 0.4) is 0 Å². The number of benzene rings is 1. The maximum absolute atomic E-state index is 13.1. The molecule has 30 heavy (non-hydrogen) atoms. The largest absolute Gasteiger partial charge is 0.490 e. The molecule has 0 radical (unpaired) electrons. The number of unbranched alkanes of at least 4 members (excludes halogenated alkanes) is 1. The van der Waals surface area contributed by atoms with E-state index in [1.807, 2.05) is 21.9 Å². The van der Waals surface area contributed by atoms with Crippen molar-refractivity contribution in [2.24, 2.45) is 0 Å². The molecule has 2 heterocycles. The van der Waals surface area contributed by atoms with E-state index in [9.17, 15) is 9.59 Å². The fraction of sp³-hybridized carbons (Fsp3) is 0.652. The number of piperidine rings is 1. The van der Waals surface area contributed by atoms with E-state index in [0.29, 0.717) is 36.9 Å². The van der Waals surface area contributed by atoms with Gasteiger partial charge in [-0.1, -0.05) is 31.0 Å². The summed E-state index contributed by atoms with van der Waals surface area (Å²) in [4.78, 5) is 29.5. The minimum atomic E-state index is -0.850. The van der Waals surface area contributed by atoms with Crippen molar-refractivity contribution in [1.82, 2.24) is 9.80 Å². The van der Waals surface area contributed by atoms with Crippen LogP contribution in [0.4, 0.5) is 0 Å². The van der Waals surface area contributed by atoms with Gasteiger partial charge in [-0.2, -0.15) is 0 Å². The van der Waals surface area contributed by atoms with Crippen molar-refractivity contribution in [1.29, 1.82) is 0 Å². The van der Waals surface area contributed by atoms with Gasteiger partial charge in [0.25, 0.3) is 0 Å². The number of carbonyl (C=O) groups excluding carboxylic acids is 2. The fourth-order valence-electron chi connectivity index (χ4n) is 4.09. The number of halogens is 1. The monoisotopic (exact) mass is 436 g/mol. The van der Waals surface area contributed by atoms with Crippen LogP contribution in [0.5, 0.6) is 5.75 Å². The molecule has 7 heteroatoms. The molecule has 1 aromatic rings. The van der Waals surface area contributed by atoms with Crippen LogP contribution in [-0.4, -0.2) is 66.6 Å². The lowest BCUT2D eigenvalue weighted by Gasteiger charge is -2.43. The van der Waals surface area contributed by atoms with Crippen molar-refractivity contribution in [2.45, 2.75) is 57.5 Å². The van der Waals surface area contributed by atoms with Gasteiger partial charge < -0.3 is 19.3 Å². The summed E-state index contributed by atoms with van der Waals surface area (Å²) in [6, 6.07) is 7.19. The van der Waals surface area contributed by atoms with Crippen LogP contribution in [0.2, 0.25) is 5.02 Å². The molecule has 2 aliphatic heterocycles. The number of likely N-dealkylation sites (tertiary alicyclic amines) is 1. The molecule has 1 atom stereocenters. The highest BCUT2D eigenvalue weighted by Gasteiger charge is 2.42. The standard InChI is InChI=1S/C23H33ClN2O4/c1-2-3-10-21(27)26-13-14-30-23(17-26,16-22(28)25-11-5-4-6-12-25)18-29-20-9-7-8-19(24)15-20/h7-9,15H,2-6,10-14,16-18H2,1H3. The van der Waals surface area contributed by atoms with Crippen LogP contribution < -0.4 is 4.74 Å². The highest BCUT2D eigenvalue weighted by Crippen LogP contribution is 2.27. The average Bonchev–Trinajstić information content (AvgIpc) is 2.77. The van der Waals surface area contributed by atoms with E-state index in [1.165, 1.54) is 6.42 Å². The zero-order valence-corrected chi connectivity index (χ0v) is 18.7. The first-order valence-corrected chi connectivity index (χ1v) is 11.5. The number of ether oxygens (including phenoxy) is 2. The molecule has 2 fully saturated rings. The molecule has 2 saturated heterocycles. The van der Waals surface area contributed by atoms with E-state index in [-0.39, 0.29) is 24.8 Å². The topological polar surface area (TPSA) is 59.1 Å². The summed E-state index contributed by atoms with van der Waals surface area (Å²) in [7, 11) is 0. The molecule has 2 aliphatic rings. The first kappa shape index (κ1) is 22.9.